The number of anilines is 2. The first-order valence-electron chi connectivity index (χ1n) is 12.2. The highest BCUT2D eigenvalue weighted by Crippen LogP contribution is 2.27. The van der Waals surface area contributed by atoms with Crippen LogP contribution in [0.4, 0.5) is 20.7 Å². The maximum Gasteiger partial charge on any atom is 0.259 e. The Morgan fingerprint density at radius 3 is 2.57 bits per heavy atom. The number of halogens is 2. The second kappa shape index (κ2) is 10.6. The van der Waals surface area contributed by atoms with Crippen molar-refractivity contribution in [3.63, 3.8) is 0 Å². The summed E-state index contributed by atoms with van der Waals surface area (Å²) in [4.78, 5) is 27.3. The van der Waals surface area contributed by atoms with Crippen LogP contribution >= 0.6 is 0 Å². The second-order valence-electron chi connectivity index (χ2n) is 9.19. The van der Waals surface area contributed by atoms with Crippen LogP contribution in [0.5, 0.6) is 0 Å². The van der Waals surface area contributed by atoms with Crippen molar-refractivity contribution in [1.82, 2.24) is 29.5 Å². The molecule has 1 saturated heterocycles. The number of rotatable bonds is 10. The molecule has 0 bridgehead atoms. The number of ketones is 1. The Hall–Kier alpha value is -3.93. The molecule has 0 atom stereocenters. The van der Waals surface area contributed by atoms with Crippen LogP contribution < -0.4 is 11.1 Å². The lowest BCUT2D eigenvalue weighted by molar-refractivity contribution is -0.119. The lowest BCUT2D eigenvalue weighted by atomic mass is 10.0. The summed E-state index contributed by atoms with van der Waals surface area (Å²) in [6.45, 7) is 1.80. The van der Waals surface area contributed by atoms with Gasteiger partial charge in [0.15, 0.2) is 5.76 Å². The molecule has 10 nitrogen and oxygen atoms in total. The number of nitrogens with zero attached hydrogens (tertiary/aromatic N) is 6. The van der Waals surface area contributed by atoms with E-state index in [2.05, 4.69) is 25.4 Å². The second-order valence-corrected chi connectivity index (χ2v) is 9.19. The zero-order valence-electron chi connectivity index (χ0n) is 20.2. The molecule has 1 aliphatic heterocycles. The Labute approximate surface area is 211 Å². The van der Waals surface area contributed by atoms with Crippen LogP contribution in [0.25, 0.3) is 17.4 Å². The fraction of sp³-hybridized carbons (Fsp3) is 0.400. The number of aromatic nitrogens is 5. The van der Waals surface area contributed by atoms with E-state index in [1.54, 1.807) is 12.1 Å². The molecule has 0 radical (unpaired) electrons. The molecule has 0 spiro atoms. The van der Waals surface area contributed by atoms with Gasteiger partial charge in [-0.2, -0.15) is 19.5 Å². The molecule has 1 aliphatic rings. The minimum Gasteiger partial charge on any atom is -0.461 e. The highest BCUT2D eigenvalue weighted by atomic mass is 19.3. The summed E-state index contributed by atoms with van der Waals surface area (Å²) in [5.41, 5.74) is 8.05. The molecule has 12 heteroatoms. The minimum absolute atomic E-state index is 0.112. The normalized spacial score (nSPS) is 15.7. The van der Waals surface area contributed by atoms with Gasteiger partial charge in [-0.25, -0.2) is 8.78 Å². The molecule has 0 unspecified atom stereocenters. The summed E-state index contributed by atoms with van der Waals surface area (Å²) in [5, 5.41) is 7.43. The lowest BCUT2D eigenvalue weighted by Gasteiger charge is -2.31. The van der Waals surface area contributed by atoms with Crippen LogP contribution in [0, 0.1) is 0 Å². The van der Waals surface area contributed by atoms with E-state index in [4.69, 9.17) is 10.2 Å². The number of fused-ring (bicyclic) bond motifs is 1. The van der Waals surface area contributed by atoms with Crippen molar-refractivity contribution in [2.45, 2.75) is 38.0 Å². The summed E-state index contributed by atoms with van der Waals surface area (Å²) in [6, 6.07) is 11.4. The highest BCUT2D eigenvalue weighted by Gasteiger charge is 2.33. The molecule has 0 amide bonds. The molecule has 4 aromatic rings. The zero-order valence-corrected chi connectivity index (χ0v) is 20.2. The fourth-order valence-corrected chi connectivity index (χ4v) is 4.24. The van der Waals surface area contributed by atoms with Gasteiger partial charge in [-0.05, 0) is 29.7 Å². The van der Waals surface area contributed by atoms with E-state index >= 15 is 0 Å². The largest absolute Gasteiger partial charge is 0.461 e. The smallest absolute Gasteiger partial charge is 0.259 e. The summed E-state index contributed by atoms with van der Waals surface area (Å²) >= 11 is 0. The van der Waals surface area contributed by atoms with E-state index < -0.39 is 5.92 Å². The van der Waals surface area contributed by atoms with E-state index in [1.807, 2.05) is 29.2 Å². The van der Waals surface area contributed by atoms with Crippen molar-refractivity contribution >= 4 is 23.5 Å². The Morgan fingerprint density at radius 2 is 1.84 bits per heavy atom. The van der Waals surface area contributed by atoms with Gasteiger partial charge in [-0.3, -0.25) is 4.79 Å². The number of likely N-dealkylation sites (tertiary alicyclic amines) is 1. The van der Waals surface area contributed by atoms with E-state index in [0.717, 1.165) is 11.1 Å². The molecule has 1 aromatic carbocycles. The van der Waals surface area contributed by atoms with Gasteiger partial charge in [0.1, 0.15) is 5.78 Å². The number of alkyl halides is 2. The van der Waals surface area contributed by atoms with E-state index in [0.29, 0.717) is 68.8 Å². The number of benzene rings is 1. The van der Waals surface area contributed by atoms with Crippen molar-refractivity contribution < 1.29 is 18.0 Å². The van der Waals surface area contributed by atoms with Gasteiger partial charge in [-0.15, -0.1) is 5.10 Å². The monoisotopic (exact) mass is 510 g/mol. The molecule has 0 aliphatic carbocycles. The van der Waals surface area contributed by atoms with E-state index in [1.165, 1.54) is 10.8 Å². The third-order valence-electron chi connectivity index (χ3n) is 6.39. The summed E-state index contributed by atoms with van der Waals surface area (Å²) in [7, 11) is 0. The number of carbonyl (C=O) groups excluding carboxylic acids is 1. The standard InChI is InChI=1S/C25H28F2N8O2/c26-25(27)9-13-34(14-10-25)12-8-19(36)16-18-5-3-17(4-6-18)7-11-29-23-31-22(28)35-24(32-23)30-21(33-35)20-2-1-15-37-20/h1-6,15H,7-14,16H2,(H3,28,29,30,31,32,33). The first-order chi connectivity index (χ1) is 17.8. The van der Waals surface area contributed by atoms with Crippen molar-refractivity contribution in [3.05, 3.63) is 53.8 Å². The first kappa shape index (κ1) is 24.8. The third-order valence-corrected chi connectivity index (χ3v) is 6.39. The van der Waals surface area contributed by atoms with Gasteiger partial charge in [0.05, 0.1) is 6.26 Å². The molecule has 5 rings (SSSR count). The minimum atomic E-state index is -2.56. The Kier molecular flexibility index (Phi) is 7.08. The number of nitrogens with two attached hydrogens (primary N) is 1. The Morgan fingerprint density at radius 1 is 1.08 bits per heavy atom. The average molecular weight is 511 g/mol. The highest BCUT2D eigenvalue weighted by molar-refractivity contribution is 5.81. The van der Waals surface area contributed by atoms with Crippen LogP contribution in [-0.2, 0) is 17.6 Å². The molecule has 3 N–H and O–H groups in total. The predicted molar refractivity (Wildman–Crippen MR) is 133 cm³/mol. The van der Waals surface area contributed by atoms with Gasteiger partial charge < -0.3 is 20.4 Å². The number of furan rings is 1. The molecular formula is C25H28F2N8O2. The van der Waals surface area contributed by atoms with Crippen molar-refractivity contribution in [1.29, 1.82) is 0 Å². The van der Waals surface area contributed by atoms with Crippen molar-refractivity contribution in [3.8, 4) is 11.6 Å². The molecule has 1 fully saturated rings. The van der Waals surface area contributed by atoms with Crippen molar-refractivity contribution in [2.75, 3.05) is 37.2 Å². The third kappa shape index (κ3) is 6.26. The maximum atomic E-state index is 13.3. The van der Waals surface area contributed by atoms with Gasteiger partial charge in [0.2, 0.25) is 17.7 Å². The first-order valence-corrected chi connectivity index (χ1v) is 12.2. The van der Waals surface area contributed by atoms with Crippen LogP contribution in [0.1, 0.15) is 30.4 Å². The molecule has 194 valence electrons. The van der Waals surface area contributed by atoms with Gasteiger partial charge >= 0.3 is 0 Å². The van der Waals surface area contributed by atoms with Crippen molar-refractivity contribution in [2.24, 2.45) is 0 Å². The molecule has 3 aromatic heterocycles. The SMILES string of the molecule is Nc1nc(NCCc2ccc(CC(=O)CCN3CCC(F)(F)CC3)cc2)nc2nc(-c3ccco3)nn12. The van der Waals surface area contributed by atoms with Crippen LogP contribution in [0.15, 0.2) is 47.1 Å². The number of nitrogen functional groups attached to an aromatic ring is 1. The molecule has 37 heavy (non-hydrogen) atoms. The quantitative estimate of drug-likeness (QED) is 0.330. The Bertz CT molecular complexity index is 1350. The van der Waals surface area contributed by atoms with Gasteiger partial charge in [-0.1, -0.05) is 24.3 Å². The number of carbonyl (C=O) groups is 1. The topological polar surface area (TPSA) is 127 Å². The Balaban J connectivity index is 1.08. The lowest BCUT2D eigenvalue weighted by Crippen LogP contribution is -2.40. The fourth-order valence-electron chi connectivity index (χ4n) is 4.24. The number of hydrogen-bond acceptors (Lipinski definition) is 9. The average Bonchev–Trinajstić information content (AvgIpc) is 3.55. The number of nitrogens with one attached hydrogen (secondary N) is 1. The molecule has 0 saturated carbocycles. The maximum absolute atomic E-state index is 13.3. The number of piperidine rings is 1. The predicted octanol–water partition coefficient (Wildman–Crippen LogP) is 3.25. The van der Waals surface area contributed by atoms with Crippen LogP contribution in [-0.4, -0.2) is 67.4 Å². The zero-order chi connectivity index (χ0) is 25.8. The molecule has 4 heterocycles. The summed E-state index contributed by atoms with van der Waals surface area (Å²) in [6.07, 6.45) is 2.72. The van der Waals surface area contributed by atoms with Gasteiger partial charge in [0, 0.05) is 51.9 Å². The van der Waals surface area contributed by atoms with Gasteiger partial charge in [0.25, 0.3) is 11.7 Å². The number of Topliss-reactive ketones (excluding diaryl/α,β-unsaturated/α-hetero) is 1. The number of hydrogen-bond donors (Lipinski definition) is 2. The van der Waals surface area contributed by atoms with E-state index in [-0.39, 0.29) is 24.6 Å². The summed E-state index contributed by atoms with van der Waals surface area (Å²) in [5.74, 6) is -0.743. The van der Waals surface area contributed by atoms with E-state index in [9.17, 15) is 13.6 Å². The van der Waals surface area contributed by atoms with Crippen LogP contribution in [0.3, 0.4) is 0 Å². The molecular weight excluding hydrogens is 482 g/mol. The summed E-state index contributed by atoms with van der Waals surface area (Å²) < 4.78 is 33.2. The van der Waals surface area contributed by atoms with Crippen LogP contribution in [0.2, 0.25) is 0 Å².